The molecule has 1 saturated heterocycles. The molecular formula is C12H12BrN3O. The number of fused-ring (bicyclic) bond motifs is 1. The Morgan fingerprint density at radius 2 is 2.35 bits per heavy atom. The molecule has 5 heteroatoms. The summed E-state index contributed by atoms with van der Waals surface area (Å²) in [5.74, 6) is 0.173. The van der Waals surface area contributed by atoms with E-state index < -0.39 is 0 Å². The number of carbonyl (C=O) groups excluding carboxylic acids is 1. The highest BCUT2D eigenvalue weighted by Crippen LogP contribution is 2.28. The predicted molar refractivity (Wildman–Crippen MR) is 70.5 cm³/mol. The maximum Gasteiger partial charge on any atom is 0.228 e. The summed E-state index contributed by atoms with van der Waals surface area (Å²) in [6, 6.07) is 5.92. The summed E-state index contributed by atoms with van der Waals surface area (Å²) < 4.78 is 0. The van der Waals surface area contributed by atoms with Crippen molar-refractivity contribution in [3.05, 3.63) is 23.9 Å². The second-order valence-electron chi connectivity index (χ2n) is 4.36. The largest absolute Gasteiger partial charge is 0.311 e. The lowest BCUT2D eigenvalue weighted by Gasteiger charge is -2.15. The van der Waals surface area contributed by atoms with Crippen LogP contribution >= 0.6 is 15.9 Å². The number of rotatable bonds is 1. The van der Waals surface area contributed by atoms with E-state index in [9.17, 15) is 4.79 Å². The Kier molecular flexibility index (Phi) is 2.43. The Bertz CT molecular complexity index is 592. The van der Waals surface area contributed by atoms with Gasteiger partial charge in [0.25, 0.3) is 0 Å². The molecule has 0 radical (unpaired) electrons. The average molecular weight is 294 g/mol. The summed E-state index contributed by atoms with van der Waals surface area (Å²) in [5, 5.41) is 8.21. The normalized spacial score (nSPS) is 20.5. The van der Waals surface area contributed by atoms with Crippen molar-refractivity contribution in [1.82, 2.24) is 10.2 Å². The van der Waals surface area contributed by atoms with E-state index in [1.165, 1.54) is 0 Å². The smallest absolute Gasteiger partial charge is 0.228 e. The first-order chi connectivity index (χ1) is 8.15. The van der Waals surface area contributed by atoms with Gasteiger partial charge in [-0.05, 0) is 25.1 Å². The minimum absolute atomic E-state index is 0.173. The van der Waals surface area contributed by atoms with E-state index >= 15 is 0 Å². The lowest BCUT2D eigenvalue weighted by atomic mass is 10.2. The van der Waals surface area contributed by atoms with Gasteiger partial charge in [0.2, 0.25) is 5.91 Å². The Morgan fingerprint density at radius 1 is 1.53 bits per heavy atom. The maximum atomic E-state index is 11.8. The third-order valence-corrected chi connectivity index (χ3v) is 3.73. The number of aromatic nitrogens is 2. The van der Waals surface area contributed by atoms with E-state index in [0.29, 0.717) is 6.42 Å². The van der Waals surface area contributed by atoms with Gasteiger partial charge in [0.15, 0.2) is 0 Å². The van der Waals surface area contributed by atoms with Crippen LogP contribution in [0.4, 0.5) is 5.69 Å². The summed E-state index contributed by atoms with van der Waals surface area (Å²) in [5.41, 5.74) is 2.92. The molecule has 88 valence electrons. The minimum atomic E-state index is 0.173. The highest BCUT2D eigenvalue weighted by atomic mass is 79.9. The van der Waals surface area contributed by atoms with Crippen LogP contribution < -0.4 is 4.90 Å². The van der Waals surface area contributed by atoms with Crippen LogP contribution in [0.25, 0.3) is 10.9 Å². The van der Waals surface area contributed by atoms with E-state index in [1.807, 2.05) is 30.0 Å². The molecule has 1 aromatic carbocycles. The Morgan fingerprint density at radius 3 is 3.06 bits per heavy atom. The molecular weight excluding hydrogens is 282 g/mol. The van der Waals surface area contributed by atoms with E-state index in [1.54, 1.807) is 0 Å². The molecule has 1 amide bonds. The number of alkyl halides is 1. The number of anilines is 1. The van der Waals surface area contributed by atoms with E-state index in [4.69, 9.17) is 0 Å². The summed E-state index contributed by atoms with van der Waals surface area (Å²) in [6.45, 7) is 2.72. The Hall–Kier alpha value is -1.36. The fraction of sp³-hybridized carbons (Fsp3) is 0.333. The summed E-state index contributed by atoms with van der Waals surface area (Å²) in [4.78, 5) is 13.9. The molecule has 1 unspecified atom stereocenters. The SMILES string of the molecule is Cc1[nH]nc2ccc(N3CC(Br)CC3=O)cc12. The van der Waals surface area contributed by atoms with Crippen molar-refractivity contribution in [2.24, 2.45) is 0 Å². The Labute approximate surface area is 107 Å². The van der Waals surface area contributed by atoms with E-state index in [2.05, 4.69) is 26.1 Å². The third kappa shape index (κ3) is 1.74. The zero-order chi connectivity index (χ0) is 12.0. The predicted octanol–water partition coefficient (Wildman–Crippen LogP) is 2.37. The number of benzene rings is 1. The van der Waals surface area contributed by atoms with Gasteiger partial charge in [-0.2, -0.15) is 5.10 Å². The quantitative estimate of drug-likeness (QED) is 0.821. The van der Waals surface area contributed by atoms with Gasteiger partial charge >= 0.3 is 0 Å². The maximum absolute atomic E-state index is 11.8. The molecule has 4 nitrogen and oxygen atoms in total. The van der Waals surface area contributed by atoms with Gasteiger partial charge in [-0.1, -0.05) is 15.9 Å². The van der Waals surface area contributed by atoms with E-state index in [-0.39, 0.29) is 10.7 Å². The molecule has 1 aliphatic rings. The van der Waals surface area contributed by atoms with Crippen LogP contribution in [-0.4, -0.2) is 27.5 Å². The van der Waals surface area contributed by atoms with Gasteiger partial charge in [0.05, 0.1) is 5.52 Å². The van der Waals surface area contributed by atoms with Crippen LogP contribution in [0, 0.1) is 6.92 Å². The number of aromatic amines is 1. The van der Waals surface area contributed by atoms with Gasteiger partial charge in [-0.15, -0.1) is 0 Å². The fourth-order valence-corrected chi connectivity index (χ4v) is 2.77. The lowest BCUT2D eigenvalue weighted by Crippen LogP contribution is -2.24. The molecule has 2 heterocycles. The minimum Gasteiger partial charge on any atom is -0.311 e. The topological polar surface area (TPSA) is 49.0 Å². The number of nitrogens with one attached hydrogen (secondary N) is 1. The molecule has 2 aromatic rings. The van der Waals surface area contributed by atoms with Crippen molar-refractivity contribution in [3.63, 3.8) is 0 Å². The van der Waals surface area contributed by atoms with Gasteiger partial charge < -0.3 is 4.90 Å². The second-order valence-corrected chi connectivity index (χ2v) is 5.65. The van der Waals surface area contributed by atoms with Crippen LogP contribution in [0.15, 0.2) is 18.2 Å². The zero-order valence-electron chi connectivity index (χ0n) is 9.40. The summed E-state index contributed by atoms with van der Waals surface area (Å²) in [6.07, 6.45) is 0.572. The number of aryl methyl sites for hydroxylation is 1. The molecule has 0 spiro atoms. The van der Waals surface area contributed by atoms with Crippen LogP contribution in [0.1, 0.15) is 12.1 Å². The molecule has 17 heavy (non-hydrogen) atoms. The second kappa shape index (κ2) is 3.84. The molecule has 1 aromatic heterocycles. The molecule has 3 rings (SSSR count). The molecule has 1 fully saturated rings. The van der Waals surface area contributed by atoms with Crippen molar-refractivity contribution >= 4 is 38.4 Å². The van der Waals surface area contributed by atoms with Gasteiger partial charge in [-0.25, -0.2) is 0 Å². The van der Waals surface area contributed by atoms with Gasteiger partial charge in [-0.3, -0.25) is 9.89 Å². The lowest BCUT2D eigenvalue weighted by molar-refractivity contribution is -0.117. The number of hydrogen-bond donors (Lipinski definition) is 1. The third-order valence-electron chi connectivity index (χ3n) is 3.12. The van der Waals surface area contributed by atoms with Crippen molar-refractivity contribution in [2.45, 2.75) is 18.2 Å². The highest BCUT2D eigenvalue weighted by Gasteiger charge is 2.28. The first kappa shape index (κ1) is 10.8. The highest BCUT2D eigenvalue weighted by molar-refractivity contribution is 9.09. The number of halogens is 1. The average Bonchev–Trinajstić information content (AvgIpc) is 2.83. The first-order valence-electron chi connectivity index (χ1n) is 5.54. The number of carbonyl (C=O) groups is 1. The van der Waals surface area contributed by atoms with Crippen molar-refractivity contribution < 1.29 is 4.79 Å². The van der Waals surface area contributed by atoms with Gasteiger partial charge in [0.1, 0.15) is 0 Å². The monoisotopic (exact) mass is 293 g/mol. The van der Waals surface area contributed by atoms with Crippen LogP contribution in [-0.2, 0) is 4.79 Å². The Balaban J connectivity index is 2.06. The van der Waals surface area contributed by atoms with Crippen LogP contribution in [0.5, 0.6) is 0 Å². The van der Waals surface area contributed by atoms with Crippen molar-refractivity contribution in [2.75, 3.05) is 11.4 Å². The molecule has 0 aliphatic carbocycles. The number of nitrogens with zero attached hydrogens (tertiary/aromatic N) is 2. The van der Waals surface area contributed by atoms with Crippen LogP contribution in [0.2, 0.25) is 0 Å². The number of H-pyrrole nitrogens is 1. The molecule has 1 atom stereocenters. The van der Waals surface area contributed by atoms with Gasteiger partial charge in [0, 0.05) is 34.6 Å². The summed E-state index contributed by atoms with van der Waals surface area (Å²) >= 11 is 3.49. The number of hydrogen-bond acceptors (Lipinski definition) is 2. The fourth-order valence-electron chi connectivity index (χ4n) is 2.21. The van der Waals surface area contributed by atoms with Crippen LogP contribution in [0.3, 0.4) is 0 Å². The summed E-state index contributed by atoms with van der Waals surface area (Å²) in [7, 11) is 0. The zero-order valence-corrected chi connectivity index (χ0v) is 11.0. The molecule has 1 aliphatic heterocycles. The molecule has 0 bridgehead atoms. The standard InChI is InChI=1S/C12H12BrN3O/c1-7-10-5-9(2-3-11(10)15-14-7)16-6-8(13)4-12(16)17/h2-3,5,8H,4,6H2,1H3,(H,14,15). The molecule has 1 N–H and O–H groups in total. The number of amides is 1. The first-order valence-corrected chi connectivity index (χ1v) is 6.46. The molecule has 0 saturated carbocycles. The van der Waals surface area contributed by atoms with Crippen molar-refractivity contribution in [3.8, 4) is 0 Å². The van der Waals surface area contributed by atoms with Crippen molar-refractivity contribution in [1.29, 1.82) is 0 Å². The van der Waals surface area contributed by atoms with E-state index in [0.717, 1.165) is 28.8 Å².